The second kappa shape index (κ2) is 13.3. The average molecular weight is 389 g/mol. The number of azide groups is 1. The lowest BCUT2D eigenvalue weighted by molar-refractivity contribution is -0.131. The van der Waals surface area contributed by atoms with Gasteiger partial charge in [0.15, 0.2) is 0 Å². The van der Waals surface area contributed by atoms with Crippen LogP contribution in [-0.4, -0.2) is 47.9 Å². The summed E-state index contributed by atoms with van der Waals surface area (Å²) >= 11 is 0. The maximum absolute atomic E-state index is 12.6. The lowest BCUT2D eigenvalue weighted by Gasteiger charge is -2.22. The molecule has 0 heterocycles. The van der Waals surface area contributed by atoms with Crippen LogP contribution in [0.25, 0.3) is 10.4 Å². The van der Waals surface area contributed by atoms with Crippen molar-refractivity contribution in [2.24, 2.45) is 5.11 Å². The lowest BCUT2D eigenvalue weighted by atomic mass is 10.0. The number of aldehydes is 1. The summed E-state index contributed by atoms with van der Waals surface area (Å²) in [6.45, 7) is 1.80. The Kier molecular flexibility index (Phi) is 11.0. The van der Waals surface area contributed by atoms with Crippen LogP contribution in [0.3, 0.4) is 0 Å². The van der Waals surface area contributed by atoms with Crippen LogP contribution < -0.4 is 10.6 Å². The fourth-order valence-electron chi connectivity index (χ4n) is 2.55. The Morgan fingerprint density at radius 3 is 2.54 bits per heavy atom. The number of rotatable bonds is 13. The van der Waals surface area contributed by atoms with Crippen molar-refractivity contribution in [1.82, 2.24) is 10.6 Å². The predicted octanol–water partition coefficient (Wildman–Crippen LogP) is 1.65. The van der Waals surface area contributed by atoms with Gasteiger partial charge in [0.25, 0.3) is 0 Å². The molecular formula is C19H27N5O4. The van der Waals surface area contributed by atoms with Crippen molar-refractivity contribution >= 4 is 18.1 Å². The van der Waals surface area contributed by atoms with Crippen LogP contribution in [0.2, 0.25) is 0 Å². The normalized spacial score (nSPS) is 13.5. The molecule has 1 aromatic carbocycles. The smallest absolute Gasteiger partial charge is 0.243 e. The maximum atomic E-state index is 12.6. The molecule has 9 nitrogen and oxygen atoms in total. The minimum atomic E-state index is -1.04. The van der Waals surface area contributed by atoms with Crippen LogP contribution >= 0.6 is 0 Å². The van der Waals surface area contributed by atoms with Crippen molar-refractivity contribution < 1.29 is 19.5 Å². The summed E-state index contributed by atoms with van der Waals surface area (Å²) in [6.07, 6.45) is 1.97. The van der Waals surface area contributed by atoms with Gasteiger partial charge in [0.2, 0.25) is 11.8 Å². The Morgan fingerprint density at radius 2 is 1.93 bits per heavy atom. The summed E-state index contributed by atoms with van der Waals surface area (Å²) in [5.41, 5.74) is 9.07. The molecule has 152 valence electrons. The van der Waals surface area contributed by atoms with Crippen molar-refractivity contribution in [1.29, 1.82) is 0 Å². The van der Waals surface area contributed by atoms with Gasteiger partial charge in [0.05, 0.1) is 6.10 Å². The van der Waals surface area contributed by atoms with Gasteiger partial charge in [0, 0.05) is 24.3 Å². The summed E-state index contributed by atoms with van der Waals surface area (Å²) in [7, 11) is 0. The third-order valence-corrected chi connectivity index (χ3v) is 4.13. The molecule has 0 unspecified atom stereocenters. The topological polar surface area (TPSA) is 144 Å². The fourth-order valence-corrected chi connectivity index (χ4v) is 2.55. The van der Waals surface area contributed by atoms with Gasteiger partial charge in [-0.1, -0.05) is 41.9 Å². The van der Waals surface area contributed by atoms with E-state index in [1.165, 1.54) is 6.92 Å². The molecule has 0 aromatic heterocycles. The zero-order valence-corrected chi connectivity index (χ0v) is 16.0. The van der Waals surface area contributed by atoms with E-state index in [1.54, 1.807) is 0 Å². The lowest BCUT2D eigenvalue weighted by Crippen LogP contribution is -2.53. The van der Waals surface area contributed by atoms with Gasteiger partial charge in [-0.2, -0.15) is 0 Å². The number of nitrogens with zero attached hydrogens (tertiary/aromatic N) is 3. The maximum Gasteiger partial charge on any atom is 0.243 e. The van der Waals surface area contributed by atoms with E-state index in [0.29, 0.717) is 25.7 Å². The molecule has 0 aliphatic carbocycles. The highest BCUT2D eigenvalue weighted by molar-refractivity contribution is 5.89. The number of aliphatic hydroxyl groups excluding tert-OH is 1. The molecular weight excluding hydrogens is 362 g/mol. The number of aliphatic hydroxyl groups is 1. The molecule has 0 aliphatic rings. The molecule has 2 amide bonds. The second-order valence-electron chi connectivity index (χ2n) is 6.49. The van der Waals surface area contributed by atoms with Gasteiger partial charge in [-0.3, -0.25) is 9.59 Å². The fraction of sp³-hybridized carbons (Fsp3) is 0.526. The summed E-state index contributed by atoms with van der Waals surface area (Å²) in [5, 5.41) is 18.2. The molecule has 3 atom stereocenters. The number of benzene rings is 1. The predicted molar refractivity (Wildman–Crippen MR) is 104 cm³/mol. The minimum absolute atomic E-state index is 0.238. The van der Waals surface area contributed by atoms with E-state index in [2.05, 4.69) is 20.7 Å². The first kappa shape index (κ1) is 23.1. The molecule has 3 N–H and O–H groups in total. The zero-order valence-electron chi connectivity index (χ0n) is 16.0. The highest BCUT2D eigenvalue weighted by Crippen LogP contribution is 2.06. The third-order valence-electron chi connectivity index (χ3n) is 4.13. The Bertz CT molecular complexity index is 674. The van der Waals surface area contributed by atoms with E-state index in [-0.39, 0.29) is 18.7 Å². The van der Waals surface area contributed by atoms with Crippen molar-refractivity contribution in [3.05, 3.63) is 46.3 Å². The van der Waals surface area contributed by atoms with Gasteiger partial charge in [-0.25, -0.2) is 0 Å². The van der Waals surface area contributed by atoms with Crippen molar-refractivity contribution in [2.45, 2.75) is 57.2 Å². The van der Waals surface area contributed by atoms with Gasteiger partial charge in [-0.15, -0.1) is 0 Å². The highest BCUT2D eigenvalue weighted by Gasteiger charge is 2.25. The van der Waals surface area contributed by atoms with E-state index in [4.69, 9.17) is 5.53 Å². The largest absolute Gasteiger partial charge is 0.391 e. The number of hydrogen-bond donors (Lipinski definition) is 3. The number of unbranched alkanes of at least 4 members (excludes halogenated alkanes) is 2. The van der Waals surface area contributed by atoms with E-state index >= 15 is 0 Å². The summed E-state index contributed by atoms with van der Waals surface area (Å²) in [4.78, 5) is 38.5. The van der Waals surface area contributed by atoms with Crippen LogP contribution in [0, 0.1) is 0 Å². The molecule has 0 fully saturated rings. The Hall–Kier alpha value is -2.90. The van der Waals surface area contributed by atoms with Crippen LogP contribution in [0.5, 0.6) is 0 Å². The number of carbonyl (C=O) groups excluding carboxylic acids is 3. The molecule has 0 bridgehead atoms. The highest BCUT2D eigenvalue weighted by atomic mass is 16.3. The Balaban J connectivity index is 2.66. The minimum Gasteiger partial charge on any atom is -0.391 e. The van der Waals surface area contributed by atoms with Crippen LogP contribution in [0.1, 0.15) is 38.2 Å². The Morgan fingerprint density at radius 1 is 1.21 bits per heavy atom. The molecule has 0 radical (unpaired) electrons. The number of amides is 2. The number of carbonyl (C=O) groups is 3. The molecule has 1 rings (SSSR count). The molecule has 0 saturated heterocycles. The molecule has 0 saturated carbocycles. The molecule has 9 heteroatoms. The summed E-state index contributed by atoms with van der Waals surface area (Å²) in [5.74, 6) is -0.807. The first-order chi connectivity index (χ1) is 13.5. The van der Waals surface area contributed by atoms with Crippen molar-refractivity contribution in [3.63, 3.8) is 0 Å². The van der Waals surface area contributed by atoms with Crippen LogP contribution in [0.4, 0.5) is 0 Å². The SMILES string of the molecule is C[C@@H](O)[C@@H](C=O)NC(=O)[C@@H](Cc1ccccc1)NC(=O)CCCCCN=[N+]=[N-]. The standard InChI is InChI=1S/C19H27N5O4/c1-14(26)17(13-25)23-19(28)16(12-15-8-4-2-5-9-15)22-18(27)10-6-3-7-11-21-24-20/h2,4-5,8-9,13-14,16-17,26H,3,6-7,10-12H2,1H3,(H,22,27)(H,23,28)/t14-,16-,17-/m1/s1. The first-order valence-electron chi connectivity index (χ1n) is 9.25. The number of hydrogen-bond acceptors (Lipinski definition) is 5. The van der Waals surface area contributed by atoms with E-state index in [9.17, 15) is 19.5 Å². The Labute approximate surface area is 164 Å². The van der Waals surface area contributed by atoms with Gasteiger partial charge in [-0.05, 0) is 30.9 Å². The van der Waals surface area contributed by atoms with E-state index in [0.717, 1.165) is 12.0 Å². The van der Waals surface area contributed by atoms with Crippen molar-refractivity contribution in [3.8, 4) is 0 Å². The molecule has 28 heavy (non-hydrogen) atoms. The zero-order chi connectivity index (χ0) is 20.8. The molecule has 0 spiro atoms. The molecule has 0 aliphatic heterocycles. The van der Waals surface area contributed by atoms with Gasteiger partial charge < -0.3 is 20.5 Å². The van der Waals surface area contributed by atoms with Crippen LogP contribution in [0.15, 0.2) is 35.4 Å². The summed E-state index contributed by atoms with van der Waals surface area (Å²) < 4.78 is 0. The second-order valence-corrected chi connectivity index (χ2v) is 6.49. The van der Waals surface area contributed by atoms with Crippen molar-refractivity contribution in [2.75, 3.05) is 6.54 Å². The van der Waals surface area contributed by atoms with E-state index in [1.807, 2.05) is 30.3 Å². The third kappa shape index (κ3) is 9.16. The summed E-state index contributed by atoms with van der Waals surface area (Å²) in [6, 6.07) is 7.30. The first-order valence-corrected chi connectivity index (χ1v) is 9.25. The average Bonchev–Trinajstić information content (AvgIpc) is 2.68. The van der Waals surface area contributed by atoms with E-state index < -0.39 is 24.1 Å². The van der Waals surface area contributed by atoms with Gasteiger partial charge in [0.1, 0.15) is 18.4 Å². The molecule has 1 aromatic rings. The number of nitrogens with one attached hydrogen (secondary N) is 2. The monoisotopic (exact) mass is 389 g/mol. The van der Waals surface area contributed by atoms with Gasteiger partial charge >= 0.3 is 0 Å². The quantitative estimate of drug-likeness (QED) is 0.155. The van der Waals surface area contributed by atoms with Crippen LogP contribution in [-0.2, 0) is 20.8 Å².